The van der Waals surface area contributed by atoms with E-state index in [0.29, 0.717) is 35.8 Å². The Morgan fingerprint density at radius 2 is 1.95 bits per heavy atom. The summed E-state index contributed by atoms with van der Waals surface area (Å²) in [4.78, 5) is 25.1. The number of nitrogens with one attached hydrogen (secondary N) is 1. The third-order valence-electron chi connectivity index (χ3n) is 7.60. The number of methoxy groups -OCH3 is 1. The van der Waals surface area contributed by atoms with Gasteiger partial charge in [0.25, 0.3) is 5.91 Å². The summed E-state index contributed by atoms with van der Waals surface area (Å²) in [5, 5.41) is 18.5. The third kappa shape index (κ3) is 4.54. The number of aliphatic hydroxyl groups is 1. The van der Waals surface area contributed by atoms with Crippen LogP contribution in [0.1, 0.15) is 48.7 Å². The van der Waals surface area contributed by atoms with Crippen molar-refractivity contribution in [3.05, 3.63) is 72.1 Å². The normalized spacial score (nSPS) is 16.9. The van der Waals surface area contributed by atoms with Gasteiger partial charge in [-0.2, -0.15) is 14.6 Å². The molecule has 1 fully saturated rings. The molecule has 1 aliphatic carbocycles. The summed E-state index contributed by atoms with van der Waals surface area (Å²) in [5.74, 6) is 1.04. The maximum atomic E-state index is 13.3. The Hall–Kier alpha value is -4.44. The molecule has 1 aromatic carbocycles. The summed E-state index contributed by atoms with van der Waals surface area (Å²) >= 11 is 0. The second-order valence-corrected chi connectivity index (χ2v) is 10.6. The van der Waals surface area contributed by atoms with Gasteiger partial charge in [0.1, 0.15) is 17.0 Å². The molecule has 1 saturated carbocycles. The number of benzene rings is 1. The maximum Gasteiger partial charge on any atom is 0.257 e. The summed E-state index contributed by atoms with van der Waals surface area (Å²) in [5.41, 5.74) is 4.37. The molecule has 1 aliphatic rings. The Labute approximate surface area is 232 Å². The largest absolute Gasteiger partial charge is 0.481 e. The van der Waals surface area contributed by atoms with E-state index >= 15 is 0 Å². The van der Waals surface area contributed by atoms with Crippen LogP contribution in [0.2, 0.25) is 0 Å². The molecule has 4 aromatic heterocycles. The Balaban J connectivity index is 1.51. The van der Waals surface area contributed by atoms with Crippen molar-refractivity contribution in [2.24, 2.45) is 0 Å². The second-order valence-electron chi connectivity index (χ2n) is 10.6. The van der Waals surface area contributed by atoms with Crippen LogP contribution in [0.25, 0.3) is 27.9 Å². The average molecular weight is 540 g/mol. The van der Waals surface area contributed by atoms with Gasteiger partial charge in [0.2, 0.25) is 5.88 Å². The Kier molecular flexibility index (Phi) is 6.63. The molecule has 0 unspecified atom stereocenters. The molecule has 0 saturated heterocycles. The minimum absolute atomic E-state index is 0.157. The predicted molar refractivity (Wildman–Crippen MR) is 154 cm³/mol. The summed E-state index contributed by atoms with van der Waals surface area (Å²) in [6, 6.07) is 15.9. The molecule has 0 radical (unpaired) electrons. The Bertz CT molecular complexity index is 1690. The molecule has 2 atom stereocenters. The minimum Gasteiger partial charge on any atom is -0.481 e. The Morgan fingerprint density at radius 1 is 1.15 bits per heavy atom. The zero-order valence-corrected chi connectivity index (χ0v) is 23.1. The smallest absolute Gasteiger partial charge is 0.257 e. The lowest BCUT2D eigenvalue weighted by Crippen LogP contribution is -2.50. The third-order valence-corrected chi connectivity index (χ3v) is 7.60. The van der Waals surface area contributed by atoms with E-state index in [2.05, 4.69) is 52.1 Å². The number of pyridine rings is 1. The quantitative estimate of drug-likeness (QED) is 0.304. The first-order valence-corrected chi connectivity index (χ1v) is 13.5. The van der Waals surface area contributed by atoms with Crippen molar-refractivity contribution in [1.29, 1.82) is 0 Å². The summed E-state index contributed by atoms with van der Waals surface area (Å²) in [6.07, 6.45) is 4.53. The monoisotopic (exact) mass is 539 g/mol. The van der Waals surface area contributed by atoms with E-state index < -0.39 is 6.10 Å². The molecule has 5 aromatic rings. The standard InChI is InChI=1S/C30H33N7O3/c1-18(2)36-17-22(20-10-13-26(40-4)34-28(20)36)24-14-27(35(3)16-19-8-6-5-7-9-19)37-29(32-24)21(15-31-37)30(39)33-23-11-12-25(23)38/h5-10,13-15,17-18,23,25,38H,11-12,16H2,1-4H3,(H,33,39)/t23-,25+/m0/s1. The molecule has 6 rings (SSSR count). The molecule has 10 nitrogen and oxygen atoms in total. The molecule has 0 aliphatic heterocycles. The SMILES string of the molecule is COc1ccc2c(-c3cc(N(C)Cc4ccccc4)n4ncc(C(=O)N[C@H]5CC[C@H]5O)c4n3)cn(C(C)C)c2n1. The first-order valence-electron chi connectivity index (χ1n) is 13.5. The number of hydrogen-bond donors (Lipinski definition) is 2. The molecule has 10 heteroatoms. The predicted octanol–water partition coefficient (Wildman–Crippen LogP) is 4.23. The van der Waals surface area contributed by atoms with Gasteiger partial charge in [0, 0.05) is 48.9 Å². The van der Waals surface area contributed by atoms with Crippen LogP contribution in [0.4, 0.5) is 5.82 Å². The van der Waals surface area contributed by atoms with Crippen LogP contribution in [0.15, 0.2) is 60.9 Å². The van der Waals surface area contributed by atoms with Crippen LogP contribution >= 0.6 is 0 Å². The van der Waals surface area contributed by atoms with Crippen LogP contribution in [0, 0.1) is 0 Å². The molecule has 0 spiro atoms. The highest BCUT2D eigenvalue weighted by Crippen LogP contribution is 2.34. The van der Waals surface area contributed by atoms with E-state index in [0.717, 1.165) is 34.4 Å². The number of amides is 1. The molecular weight excluding hydrogens is 506 g/mol. The fourth-order valence-corrected chi connectivity index (χ4v) is 5.17. The van der Waals surface area contributed by atoms with Crippen molar-refractivity contribution in [3.8, 4) is 17.1 Å². The average Bonchev–Trinajstić information content (AvgIpc) is 3.56. The van der Waals surface area contributed by atoms with Crippen LogP contribution in [-0.4, -0.2) is 61.5 Å². The zero-order valence-electron chi connectivity index (χ0n) is 23.1. The van der Waals surface area contributed by atoms with E-state index in [9.17, 15) is 9.90 Å². The number of carbonyl (C=O) groups is 1. The van der Waals surface area contributed by atoms with Crippen molar-refractivity contribution >= 4 is 28.4 Å². The lowest BCUT2D eigenvalue weighted by Gasteiger charge is -2.32. The summed E-state index contributed by atoms with van der Waals surface area (Å²) < 4.78 is 9.22. The fourth-order valence-electron chi connectivity index (χ4n) is 5.17. The number of rotatable bonds is 8. The molecule has 0 bridgehead atoms. The number of aliphatic hydroxyl groups excluding tert-OH is 1. The Morgan fingerprint density at radius 3 is 2.62 bits per heavy atom. The summed E-state index contributed by atoms with van der Waals surface area (Å²) in [6.45, 7) is 4.85. The number of ether oxygens (including phenoxy) is 1. The van der Waals surface area contributed by atoms with Gasteiger partial charge in [-0.1, -0.05) is 30.3 Å². The van der Waals surface area contributed by atoms with Crippen molar-refractivity contribution in [3.63, 3.8) is 0 Å². The topological polar surface area (TPSA) is 110 Å². The molecule has 4 heterocycles. The van der Waals surface area contributed by atoms with Gasteiger partial charge >= 0.3 is 0 Å². The second kappa shape index (κ2) is 10.3. The van der Waals surface area contributed by atoms with Crippen LogP contribution in [0.5, 0.6) is 5.88 Å². The van der Waals surface area contributed by atoms with Crippen molar-refractivity contribution in [1.82, 2.24) is 29.5 Å². The van der Waals surface area contributed by atoms with E-state index in [1.807, 2.05) is 43.4 Å². The molecule has 2 N–H and O–H groups in total. The highest BCUT2D eigenvalue weighted by atomic mass is 16.5. The molecule has 40 heavy (non-hydrogen) atoms. The van der Waals surface area contributed by atoms with Gasteiger partial charge in [0.15, 0.2) is 5.65 Å². The zero-order chi connectivity index (χ0) is 28.0. The molecule has 1 amide bonds. The van der Waals surface area contributed by atoms with Gasteiger partial charge in [0.05, 0.1) is 31.1 Å². The number of anilines is 1. The number of nitrogens with zero attached hydrogens (tertiary/aromatic N) is 6. The highest BCUT2D eigenvalue weighted by molar-refractivity contribution is 6.01. The first kappa shape index (κ1) is 25.8. The lowest BCUT2D eigenvalue weighted by molar-refractivity contribution is 0.0448. The number of fused-ring (bicyclic) bond motifs is 2. The molecule has 206 valence electrons. The van der Waals surface area contributed by atoms with E-state index in [-0.39, 0.29) is 18.0 Å². The van der Waals surface area contributed by atoms with Crippen molar-refractivity contribution in [2.75, 3.05) is 19.1 Å². The maximum absolute atomic E-state index is 13.3. The van der Waals surface area contributed by atoms with E-state index in [1.54, 1.807) is 17.8 Å². The van der Waals surface area contributed by atoms with Crippen LogP contribution in [0.3, 0.4) is 0 Å². The lowest BCUT2D eigenvalue weighted by atomic mass is 9.89. The molecular formula is C30H33N7O3. The van der Waals surface area contributed by atoms with Crippen molar-refractivity contribution in [2.45, 2.75) is 51.4 Å². The van der Waals surface area contributed by atoms with E-state index in [1.165, 1.54) is 0 Å². The summed E-state index contributed by atoms with van der Waals surface area (Å²) in [7, 11) is 3.61. The highest BCUT2D eigenvalue weighted by Gasteiger charge is 2.31. The van der Waals surface area contributed by atoms with Gasteiger partial charge in [-0.3, -0.25) is 4.79 Å². The first-order chi connectivity index (χ1) is 19.3. The van der Waals surface area contributed by atoms with Gasteiger partial charge in [-0.05, 0) is 38.3 Å². The van der Waals surface area contributed by atoms with Gasteiger partial charge in [-0.25, -0.2) is 4.98 Å². The van der Waals surface area contributed by atoms with Crippen LogP contribution < -0.4 is 15.0 Å². The number of aromatic nitrogens is 5. The van der Waals surface area contributed by atoms with Gasteiger partial charge < -0.3 is 24.6 Å². The minimum atomic E-state index is -0.520. The fraction of sp³-hybridized carbons (Fsp3) is 0.333. The van der Waals surface area contributed by atoms with Crippen LogP contribution in [-0.2, 0) is 6.54 Å². The van der Waals surface area contributed by atoms with E-state index in [4.69, 9.17) is 14.7 Å². The van der Waals surface area contributed by atoms with Crippen molar-refractivity contribution < 1.29 is 14.6 Å². The van der Waals surface area contributed by atoms with Gasteiger partial charge in [-0.15, -0.1) is 0 Å². The number of hydrogen-bond acceptors (Lipinski definition) is 7. The number of carbonyl (C=O) groups excluding carboxylic acids is 1.